The normalized spacial score (nSPS) is 14.5. The van der Waals surface area contributed by atoms with Gasteiger partial charge in [-0.15, -0.1) is 0 Å². The van der Waals surface area contributed by atoms with Gasteiger partial charge in [0.1, 0.15) is 17.3 Å². The Morgan fingerprint density at radius 1 is 1.25 bits per heavy atom. The number of fused-ring (bicyclic) bond motifs is 1. The molecular formula is C19H15FO4. The summed E-state index contributed by atoms with van der Waals surface area (Å²) >= 11 is 0. The van der Waals surface area contributed by atoms with Gasteiger partial charge in [0.2, 0.25) is 5.78 Å². The van der Waals surface area contributed by atoms with Crippen molar-refractivity contribution in [3.05, 3.63) is 64.7 Å². The number of Topliss-reactive ketones (excluding diaryl/α,β-unsaturated/α-hetero) is 1. The summed E-state index contributed by atoms with van der Waals surface area (Å²) in [4.78, 5) is 23.9. The van der Waals surface area contributed by atoms with E-state index < -0.39 is 5.82 Å². The Labute approximate surface area is 138 Å². The molecule has 0 saturated heterocycles. The van der Waals surface area contributed by atoms with E-state index in [-0.39, 0.29) is 29.5 Å². The number of carbonyl (C=O) groups excluding carboxylic acids is 2. The van der Waals surface area contributed by atoms with Crippen LogP contribution in [0.4, 0.5) is 4.39 Å². The standard InChI is InChI=1S/C19H15FO4/c1-3-17(21)23-15-9-8-13-18(22)16(24-19(13)11(15)2)10-12-6-4-5-7-14(12)20/h4-10H,3H2,1-2H3/b16-10-. The predicted octanol–water partition coefficient (Wildman–Crippen LogP) is 4.07. The second kappa shape index (κ2) is 6.28. The minimum Gasteiger partial charge on any atom is -0.452 e. The smallest absolute Gasteiger partial charge is 0.310 e. The molecule has 1 aliphatic heterocycles. The third kappa shape index (κ3) is 2.80. The number of ether oxygens (including phenoxy) is 2. The maximum absolute atomic E-state index is 13.8. The number of hydrogen-bond acceptors (Lipinski definition) is 4. The van der Waals surface area contributed by atoms with Crippen molar-refractivity contribution in [1.82, 2.24) is 0 Å². The summed E-state index contributed by atoms with van der Waals surface area (Å²) in [5, 5.41) is 0. The van der Waals surface area contributed by atoms with Crippen molar-refractivity contribution in [2.75, 3.05) is 0 Å². The van der Waals surface area contributed by atoms with E-state index >= 15 is 0 Å². The molecule has 0 atom stereocenters. The van der Waals surface area contributed by atoms with E-state index in [0.29, 0.717) is 22.6 Å². The minimum atomic E-state index is -0.438. The Balaban J connectivity index is 1.97. The largest absolute Gasteiger partial charge is 0.452 e. The zero-order chi connectivity index (χ0) is 17.3. The van der Waals surface area contributed by atoms with Crippen LogP contribution in [0.15, 0.2) is 42.2 Å². The first-order valence-corrected chi connectivity index (χ1v) is 7.54. The highest BCUT2D eigenvalue weighted by molar-refractivity contribution is 6.15. The van der Waals surface area contributed by atoms with E-state index in [1.165, 1.54) is 12.1 Å². The second-order valence-corrected chi connectivity index (χ2v) is 5.35. The van der Waals surface area contributed by atoms with Crippen molar-refractivity contribution in [3.8, 4) is 11.5 Å². The summed E-state index contributed by atoms with van der Waals surface area (Å²) in [7, 11) is 0. The van der Waals surface area contributed by atoms with Gasteiger partial charge in [-0.2, -0.15) is 0 Å². The quantitative estimate of drug-likeness (QED) is 0.485. The zero-order valence-electron chi connectivity index (χ0n) is 13.3. The molecule has 0 spiro atoms. The molecule has 1 aliphatic rings. The molecule has 0 bridgehead atoms. The number of hydrogen-bond donors (Lipinski definition) is 0. The number of carbonyl (C=O) groups is 2. The Bertz CT molecular complexity index is 868. The maximum atomic E-state index is 13.8. The molecule has 0 radical (unpaired) electrons. The van der Waals surface area contributed by atoms with Crippen LogP contribution in [0.5, 0.6) is 11.5 Å². The number of esters is 1. The highest BCUT2D eigenvalue weighted by atomic mass is 19.1. The van der Waals surface area contributed by atoms with E-state index in [4.69, 9.17) is 9.47 Å². The molecule has 1 heterocycles. The maximum Gasteiger partial charge on any atom is 0.310 e. The molecule has 2 aromatic rings. The monoisotopic (exact) mass is 326 g/mol. The first-order valence-electron chi connectivity index (χ1n) is 7.54. The van der Waals surface area contributed by atoms with Gasteiger partial charge in [-0.25, -0.2) is 4.39 Å². The van der Waals surface area contributed by atoms with Crippen LogP contribution in [-0.4, -0.2) is 11.8 Å². The highest BCUT2D eigenvalue weighted by Crippen LogP contribution is 2.39. The lowest BCUT2D eigenvalue weighted by Crippen LogP contribution is -2.06. The average molecular weight is 326 g/mol. The molecule has 0 fully saturated rings. The van der Waals surface area contributed by atoms with Crippen molar-refractivity contribution in [3.63, 3.8) is 0 Å². The summed E-state index contributed by atoms with van der Waals surface area (Å²) < 4.78 is 24.6. The van der Waals surface area contributed by atoms with E-state index in [1.807, 2.05) is 0 Å². The molecule has 2 aromatic carbocycles. The minimum absolute atomic E-state index is 0.0390. The third-order valence-electron chi connectivity index (χ3n) is 3.74. The first kappa shape index (κ1) is 15.9. The van der Waals surface area contributed by atoms with Crippen LogP contribution in [0.3, 0.4) is 0 Å². The molecular weight excluding hydrogens is 311 g/mol. The van der Waals surface area contributed by atoms with Crippen LogP contribution in [0.25, 0.3) is 6.08 Å². The zero-order valence-corrected chi connectivity index (χ0v) is 13.3. The first-order chi connectivity index (χ1) is 11.5. The number of ketones is 1. The molecule has 5 heteroatoms. The fourth-order valence-electron chi connectivity index (χ4n) is 2.41. The molecule has 122 valence electrons. The molecule has 0 aliphatic carbocycles. The summed E-state index contributed by atoms with van der Waals surface area (Å²) in [5.74, 6) is -0.414. The van der Waals surface area contributed by atoms with Crippen LogP contribution in [0, 0.1) is 12.7 Å². The van der Waals surface area contributed by atoms with Gasteiger partial charge in [0, 0.05) is 17.5 Å². The van der Waals surface area contributed by atoms with Gasteiger partial charge in [0.15, 0.2) is 5.76 Å². The van der Waals surface area contributed by atoms with Crippen LogP contribution < -0.4 is 9.47 Å². The van der Waals surface area contributed by atoms with Crippen molar-refractivity contribution in [1.29, 1.82) is 0 Å². The summed E-state index contributed by atoms with van der Waals surface area (Å²) in [6, 6.07) is 9.23. The van der Waals surface area contributed by atoms with Crippen LogP contribution in [0.2, 0.25) is 0 Å². The Kier molecular flexibility index (Phi) is 4.16. The van der Waals surface area contributed by atoms with Crippen molar-refractivity contribution in [2.24, 2.45) is 0 Å². The molecule has 3 rings (SSSR count). The fraction of sp³-hybridized carbons (Fsp3) is 0.158. The van der Waals surface area contributed by atoms with E-state index in [0.717, 1.165) is 0 Å². The Morgan fingerprint density at radius 2 is 2.00 bits per heavy atom. The molecule has 4 nitrogen and oxygen atoms in total. The highest BCUT2D eigenvalue weighted by Gasteiger charge is 2.30. The van der Waals surface area contributed by atoms with Gasteiger partial charge in [0.25, 0.3) is 0 Å². The summed E-state index contributed by atoms with van der Waals surface area (Å²) in [6.07, 6.45) is 1.61. The molecule has 0 N–H and O–H groups in total. The summed E-state index contributed by atoms with van der Waals surface area (Å²) in [5.41, 5.74) is 1.19. The Morgan fingerprint density at radius 3 is 2.71 bits per heavy atom. The number of allylic oxidation sites excluding steroid dienone is 1. The SMILES string of the molecule is CCC(=O)Oc1ccc2c(c1C)O/C(=C\c1ccccc1F)C2=O. The van der Waals surface area contributed by atoms with E-state index in [2.05, 4.69) is 0 Å². The predicted molar refractivity (Wildman–Crippen MR) is 86.4 cm³/mol. The number of halogens is 1. The Hall–Kier alpha value is -2.95. The lowest BCUT2D eigenvalue weighted by Gasteiger charge is -2.09. The molecule has 0 amide bonds. The lowest BCUT2D eigenvalue weighted by molar-refractivity contribution is -0.134. The van der Waals surface area contributed by atoms with Gasteiger partial charge in [0.05, 0.1) is 5.56 Å². The molecule has 24 heavy (non-hydrogen) atoms. The molecule has 0 aromatic heterocycles. The number of benzene rings is 2. The third-order valence-corrected chi connectivity index (χ3v) is 3.74. The van der Waals surface area contributed by atoms with Gasteiger partial charge in [-0.05, 0) is 31.2 Å². The van der Waals surface area contributed by atoms with E-state index in [1.54, 1.807) is 44.2 Å². The van der Waals surface area contributed by atoms with Gasteiger partial charge in [-0.3, -0.25) is 9.59 Å². The van der Waals surface area contributed by atoms with Crippen molar-refractivity contribution >= 4 is 17.8 Å². The topological polar surface area (TPSA) is 52.6 Å². The van der Waals surface area contributed by atoms with Gasteiger partial charge in [-0.1, -0.05) is 25.1 Å². The van der Waals surface area contributed by atoms with Gasteiger partial charge >= 0.3 is 5.97 Å². The molecule has 0 unspecified atom stereocenters. The van der Waals surface area contributed by atoms with Crippen LogP contribution in [0.1, 0.15) is 34.8 Å². The second-order valence-electron chi connectivity index (χ2n) is 5.35. The molecule has 0 saturated carbocycles. The fourth-order valence-corrected chi connectivity index (χ4v) is 2.41. The summed E-state index contributed by atoms with van der Waals surface area (Å²) in [6.45, 7) is 3.40. The van der Waals surface area contributed by atoms with E-state index in [9.17, 15) is 14.0 Å². The van der Waals surface area contributed by atoms with Crippen molar-refractivity contribution in [2.45, 2.75) is 20.3 Å². The van der Waals surface area contributed by atoms with Gasteiger partial charge < -0.3 is 9.47 Å². The van der Waals surface area contributed by atoms with Crippen molar-refractivity contribution < 1.29 is 23.5 Å². The number of rotatable bonds is 3. The lowest BCUT2D eigenvalue weighted by atomic mass is 10.1. The average Bonchev–Trinajstić information content (AvgIpc) is 2.89. The van der Waals surface area contributed by atoms with Crippen LogP contribution >= 0.6 is 0 Å². The van der Waals surface area contributed by atoms with Crippen LogP contribution in [-0.2, 0) is 4.79 Å².